The van der Waals surface area contributed by atoms with Crippen molar-refractivity contribution in [3.05, 3.63) is 64.5 Å². The number of benzene rings is 2. The Morgan fingerprint density at radius 1 is 1.03 bits per heavy atom. The van der Waals surface area contributed by atoms with Gasteiger partial charge < -0.3 is 19.8 Å². The molecule has 6 nitrogen and oxygen atoms in total. The average Bonchev–Trinajstić information content (AvgIpc) is 2.66. The molecule has 0 aliphatic carbocycles. The van der Waals surface area contributed by atoms with E-state index in [1.165, 1.54) is 36.4 Å². The van der Waals surface area contributed by atoms with Crippen molar-refractivity contribution in [1.29, 1.82) is 0 Å². The molecule has 0 unspecified atom stereocenters. The Hall–Kier alpha value is -3.42. The van der Waals surface area contributed by atoms with Gasteiger partial charge in [-0.05, 0) is 63.2 Å². The van der Waals surface area contributed by atoms with E-state index < -0.39 is 28.9 Å². The van der Waals surface area contributed by atoms with Crippen molar-refractivity contribution in [2.24, 2.45) is 0 Å². The number of carbonyl (C=O) groups excluding carboxylic acids is 1. The fourth-order valence-electron chi connectivity index (χ4n) is 2.86. The molecule has 0 saturated carbocycles. The molecule has 0 radical (unpaired) electrons. The Balaban J connectivity index is 1.90. The molecule has 1 amide bonds. The highest BCUT2D eigenvalue weighted by Gasteiger charge is 2.17. The Morgan fingerprint density at radius 3 is 2.37 bits per heavy atom. The van der Waals surface area contributed by atoms with Crippen LogP contribution < -0.4 is 15.6 Å². The van der Waals surface area contributed by atoms with Gasteiger partial charge in [0.1, 0.15) is 23.8 Å². The van der Waals surface area contributed by atoms with Gasteiger partial charge in [-0.1, -0.05) is 0 Å². The molecule has 0 bridgehead atoms. The van der Waals surface area contributed by atoms with Gasteiger partial charge in [-0.3, -0.25) is 4.79 Å². The van der Waals surface area contributed by atoms with Crippen LogP contribution in [0, 0.1) is 11.6 Å². The van der Waals surface area contributed by atoms with Crippen molar-refractivity contribution in [2.45, 2.75) is 26.4 Å². The lowest BCUT2D eigenvalue weighted by atomic mass is 10.1. The number of hydrogen-bond acceptors (Lipinski definition) is 4. The number of aromatic nitrogens is 1. The Morgan fingerprint density at radius 2 is 1.70 bits per heavy atom. The third-order valence-electron chi connectivity index (χ3n) is 4.09. The lowest BCUT2D eigenvalue weighted by Crippen LogP contribution is -2.34. The first kappa shape index (κ1) is 21.3. The zero-order valence-electron chi connectivity index (χ0n) is 16.8. The Bertz CT molecular complexity index is 1120. The van der Waals surface area contributed by atoms with Crippen molar-refractivity contribution in [2.75, 3.05) is 13.2 Å². The molecule has 1 heterocycles. The second-order valence-electron chi connectivity index (χ2n) is 7.63. The zero-order valence-corrected chi connectivity index (χ0v) is 16.8. The molecular formula is C22H22F2N2O4. The summed E-state index contributed by atoms with van der Waals surface area (Å²) < 4.78 is 38.0. The van der Waals surface area contributed by atoms with Gasteiger partial charge in [-0.15, -0.1) is 0 Å². The van der Waals surface area contributed by atoms with Crippen LogP contribution in [0.4, 0.5) is 13.6 Å². The van der Waals surface area contributed by atoms with Crippen LogP contribution in [0.25, 0.3) is 22.0 Å². The number of amides is 1. The van der Waals surface area contributed by atoms with Crippen molar-refractivity contribution < 1.29 is 23.0 Å². The van der Waals surface area contributed by atoms with E-state index in [0.29, 0.717) is 22.4 Å². The van der Waals surface area contributed by atoms with E-state index in [4.69, 9.17) is 9.47 Å². The largest absolute Gasteiger partial charge is 0.489 e. The smallest absolute Gasteiger partial charge is 0.407 e. The number of carbonyl (C=O) groups is 1. The van der Waals surface area contributed by atoms with E-state index >= 15 is 0 Å². The predicted molar refractivity (Wildman–Crippen MR) is 110 cm³/mol. The average molecular weight is 416 g/mol. The number of hydrogen-bond donors (Lipinski definition) is 2. The minimum Gasteiger partial charge on any atom is -0.489 e. The number of ether oxygens (including phenoxy) is 2. The van der Waals surface area contributed by atoms with Crippen molar-refractivity contribution in [1.82, 2.24) is 10.3 Å². The zero-order chi connectivity index (χ0) is 21.9. The van der Waals surface area contributed by atoms with Crippen molar-refractivity contribution >= 4 is 16.9 Å². The fraction of sp³-hybridized carbons (Fsp3) is 0.273. The van der Waals surface area contributed by atoms with E-state index in [2.05, 4.69) is 10.3 Å². The highest BCUT2D eigenvalue weighted by molar-refractivity contribution is 5.93. The molecule has 0 spiro atoms. The van der Waals surface area contributed by atoms with E-state index in [-0.39, 0.29) is 18.5 Å². The van der Waals surface area contributed by atoms with E-state index in [0.717, 1.165) is 6.07 Å². The molecule has 158 valence electrons. The molecule has 30 heavy (non-hydrogen) atoms. The summed E-state index contributed by atoms with van der Waals surface area (Å²) in [6.07, 6.45) is -0.585. The molecule has 1 aromatic heterocycles. The van der Waals surface area contributed by atoms with Gasteiger partial charge in [0.05, 0.1) is 17.6 Å². The minimum absolute atomic E-state index is 0.0615. The summed E-state index contributed by atoms with van der Waals surface area (Å²) in [7, 11) is 0. The fourth-order valence-corrected chi connectivity index (χ4v) is 2.86. The summed E-state index contributed by atoms with van der Waals surface area (Å²) in [6.45, 7) is 5.46. The number of H-pyrrole nitrogens is 1. The highest BCUT2D eigenvalue weighted by atomic mass is 19.1. The maximum atomic E-state index is 13.7. The third-order valence-corrected chi connectivity index (χ3v) is 4.09. The molecule has 2 aromatic carbocycles. The summed E-state index contributed by atoms with van der Waals surface area (Å²) >= 11 is 0. The third kappa shape index (κ3) is 5.14. The molecule has 3 aromatic rings. The van der Waals surface area contributed by atoms with Crippen LogP contribution in [0.1, 0.15) is 20.8 Å². The van der Waals surface area contributed by atoms with Gasteiger partial charge in [0.25, 0.3) is 5.56 Å². The summed E-state index contributed by atoms with van der Waals surface area (Å²) in [4.78, 5) is 26.9. The molecule has 8 heteroatoms. The van der Waals surface area contributed by atoms with Gasteiger partial charge in [0, 0.05) is 10.9 Å². The quantitative estimate of drug-likeness (QED) is 0.605. The van der Waals surface area contributed by atoms with Crippen LogP contribution in [0.5, 0.6) is 5.75 Å². The monoisotopic (exact) mass is 416 g/mol. The second-order valence-corrected chi connectivity index (χ2v) is 7.63. The van der Waals surface area contributed by atoms with E-state index in [1.54, 1.807) is 20.8 Å². The summed E-state index contributed by atoms with van der Waals surface area (Å²) in [6, 6.07) is 9.32. The summed E-state index contributed by atoms with van der Waals surface area (Å²) in [5.41, 5.74) is -0.269. The molecule has 3 rings (SSSR count). The van der Waals surface area contributed by atoms with E-state index in [9.17, 15) is 18.4 Å². The highest BCUT2D eigenvalue weighted by Crippen LogP contribution is 2.33. The maximum Gasteiger partial charge on any atom is 0.407 e. The van der Waals surface area contributed by atoms with Crippen molar-refractivity contribution in [3.63, 3.8) is 0 Å². The number of halogens is 2. The summed E-state index contributed by atoms with van der Waals surface area (Å²) in [5, 5.41) is 3.10. The normalized spacial score (nSPS) is 11.4. The van der Waals surface area contributed by atoms with Crippen LogP contribution in [0.3, 0.4) is 0 Å². The van der Waals surface area contributed by atoms with Gasteiger partial charge >= 0.3 is 6.09 Å². The maximum absolute atomic E-state index is 13.7. The van der Waals surface area contributed by atoms with Crippen LogP contribution in [-0.2, 0) is 4.74 Å². The van der Waals surface area contributed by atoms with Crippen LogP contribution in [-0.4, -0.2) is 29.8 Å². The molecule has 0 atom stereocenters. The van der Waals surface area contributed by atoms with Crippen LogP contribution in [0.2, 0.25) is 0 Å². The number of rotatable bonds is 5. The Labute approximate surface area is 171 Å². The molecule has 0 saturated heterocycles. The topological polar surface area (TPSA) is 80.4 Å². The molecule has 0 fully saturated rings. The number of aromatic amines is 1. The first-order valence-electron chi connectivity index (χ1n) is 9.35. The first-order chi connectivity index (χ1) is 14.1. The van der Waals surface area contributed by atoms with Gasteiger partial charge in [-0.2, -0.15) is 0 Å². The second kappa shape index (κ2) is 8.52. The molecule has 0 aliphatic heterocycles. The number of fused-ring (bicyclic) bond motifs is 1. The van der Waals surface area contributed by atoms with Crippen LogP contribution >= 0.6 is 0 Å². The Kier molecular flexibility index (Phi) is 6.05. The SMILES string of the molecule is CC(C)(C)OC(=O)NCCOc1c(-c2ccc(F)cc2)[nH]c(=O)c2cc(F)ccc12. The number of nitrogens with one attached hydrogen (secondary N) is 2. The standard InChI is InChI=1S/C22H22F2N2O4/c1-22(2,3)30-21(28)25-10-11-29-19-16-9-8-15(24)12-17(16)20(27)26-18(19)13-4-6-14(23)7-5-13/h4-9,12H,10-11H2,1-3H3,(H,25,28)(H,26,27). The lowest BCUT2D eigenvalue weighted by Gasteiger charge is -2.20. The molecule has 0 aliphatic rings. The first-order valence-corrected chi connectivity index (χ1v) is 9.35. The van der Waals surface area contributed by atoms with Crippen molar-refractivity contribution in [3.8, 4) is 17.0 Å². The summed E-state index contributed by atoms with van der Waals surface area (Å²) in [5.74, 6) is -0.685. The number of alkyl carbamates (subject to hydrolysis) is 1. The van der Waals surface area contributed by atoms with Crippen LogP contribution in [0.15, 0.2) is 47.3 Å². The minimum atomic E-state index is -0.625. The van der Waals surface area contributed by atoms with E-state index in [1.807, 2.05) is 0 Å². The van der Waals surface area contributed by atoms with Gasteiger partial charge in [0.2, 0.25) is 0 Å². The lowest BCUT2D eigenvalue weighted by molar-refractivity contribution is 0.0520. The van der Waals surface area contributed by atoms with Gasteiger partial charge in [0.15, 0.2) is 5.75 Å². The van der Waals surface area contributed by atoms with Gasteiger partial charge in [-0.25, -0.2) is 13.6 Å². The molecular weight excluding hydrogens is 394 g/mol. The molecule has 2 N–H and O–H groups in total. The predicted octanol–water partition coefficient (Wildman–Crippen LogP) is 4.38. The number of pyridine rings is 1.